The normalized spacial score (nSPS) is 14.6. The molecule has 78 heavy (non-hydrogen) atoms. The zero-order valence-corrected chi connectivity index (χ0v) is 52.0. The van der Waals surface area contributed by atoms with Crippen molar-refractivity contribution in [3.8, 4) is 0 Å². The molecule has 0 aromatic heterocycles. The van der Waals surface area contributed by atoms with E-state index in [1.807, 2.05) is 27.2 Å². The van der Waals surface area contributed by atoms with Crippen LogP contribution in [-0.2, 0) is 18.4 Å². The average molecular weight is 1110 g/mol. The van der Waals surface area contributed by atoms with E-state index >= 15 is 0 Å². The number of unbranched alkanes of at least 4 members (excludes halogenated alkanes) is 26. The number of phosphoric ester groups is 1. The number of carbonyl (C=O) groups excluding carboxylic acids is 1. The molecule has 0 aliphatic heterocycles. The summed E-state index contributed by atoms with van der Waals surface area (Å²) in [5.74, 6) is -0.214. The van der Waals surface area contributed by atoms with E-state index in [2.05, 4.69) is 129 Å². The SMILES string of the molecule is CC/C=C\C/C=C\C/C=C\C/C=C\C/C=C\C/C=C\C/C=C\C/C=C\CCCCCCC(=O)NC(COP(=O)(O)OCC[N+](C)(C)C)C(O)/C=C/CC/C=C/CCCCCCCCCCCCCCCCCCCCCCC. The molecule has 0 aliphatic carbocycles. The zero-order valence-electron chi connectivity index (χ0n) is 51.1. The number of rotatable bonds is 57. The Balaban J connectivity index is 4.30. The topological polar surface area (TPSA) is 105 Å². The molecule has 3 atom stereocenters. The summed E-state index contributed by atoms with van der Waals surface area (Å²) in [5, 5.41) is 13.9. The minimum absolute atomic E-state index is 0.0441. The first-order valence-corrected chi connectivity index (χ1v) is 33.4. The number of nitrogens with zero attached hydrogens (tertiary/aromatic N) is 1. The van der Waals surface area contributed by atoms with Crippen molar-refractivity contribution in [2.24, 2.45) is 0 Å². The van der Waals surface area contributed by atoms with Crippen LogP contribution in [0, 0.1) is 0 Å². The first kappa shape index (κ1) is 74.9. The highest BCUT2D eigenvalue weighted by molar-refractivity contribution is 7.47. The second-order valence-electron chi connectivity index (χ2n) is 22.4. The molecule has 0 radical (unpaired) electrons. The molecular formula is C69H122N2O6P+. The van der Waals surface area contributed by atoms with E-state index in [-0.39, 0.29) is 19.1 Å². The maximum absolute atomic E-state index is 13.0. The molecule has 0 saturated carbocycles. The molecule has 3 N–H and O–H groups in total. The Kier molecular flexibility index (Phi) is 56.2. The molecule has 8 nitrogen and oxygen atoms in total. The lowest BCUT2D eigenvalue weighted by atomic mass is 10.0. The molecule has 0 fully saturated rings. The monoisotopic (exact) mass is 1110 g/mol. The number of aliphatic hydroxyl groups excluding tert-OH is 1. The summed E-state index contributed by atoms with van der Waals surface area (Å²) in [4.78, 5) is 23.4. The molecule has 448 valence electrons. The van der Waals surface area contributed by atoms with Gasteiger partial charge in [-0.05, 0) is 96.3 Å². The number of hydrogen-bond donors (Lipinski definition) is 3. The van der Waals surface area contributed by atoms with Crippen molar-refractivity contribution < 1.29 is 32.9 Å². The number of quaternary nitrogens is 1. The van der Waals surface area contributed by atoms with Gasteiger partial charge in [0.1, 0.15) is 13.2 Å². The van der Waals surface area contributed by atoms with Crippen LogP contribution >= 0.6 is 7.82 Å². The number of allylic oxidation sites excluding steroid dienone is 19. The fourth-order valence-corrected chi connectivity index (χ4v) is 9.46. The quantitative estimate of drug-likeness (QED) is 0.0243. The van der Waals surface area contributed by atoms with Crippen molar-refractivity contribution in [1.82, 2.24) is 5.32 Å². The van der Waals surface area contributed by atoms with Gasteiger partial charge in [-0.15, -0.1) is 0 Å². The van der Waals surface area contributed by atoms with Crippen LogP contribution in [0.3, 0.4) is 0 Å². The van der Waals surface area contributed by atoms with E-state index < -0.39 is 20.0 Å². The third-order valence-corrected chi connectivity index (χ3v) is 14.6. The fourth-order valence-electron chi connectivity index (χ4n) is 8.72. The van der Waals surface area contributed by atoms with Gasteiger partial charge < -0.3 is 19.8 Å². The van der Waals surface area contributed by atoms with Gasteiger partial charge >= 0.3 is 7.82 Å². The van der Waals surface area contributed by atoms with Crippen molar-refractivity contribution in [2.45, 2.75) is 270 Å². The van der Waals surface area contributed by atoms with Gasteiger partial charge in [-0.2, -0.15) is 0 Å². The number of hydrogen-bond acceptors (Lipinski definition) is 5. The second-order valence-corrected chi connectivity index (χ2v) is 23.8. The predicted octanol–water partition coefficient (Wildman–Crippen LogP) is 20.1. The van der Waals surface area contributed by atoms with Crippen molar-refractivity contribution >= 4 is 13.7 Å². The summed E-state index contributed by atoms with van der Waals surface area (Å²) in [5.41, 5.74) is 0. The van der Waals surface area contributed by atoms with Gasteiger partial charge in [0.2, 0.25) is 5.91 Å². The molecule has 0 heterocycles. The lowest BCUT2D eigenvalue weighted by molar-refractivity contribution is -0.870. The molecule has 0 rings (SSSR count). The lowest BCUT2D eigenvalue weighted by Crippen LogP contribution is -2.45. The fraction of sp³-hybridized carbons (Fsp3) is 0.696. The van der Waals surface area contributed by atoms with Gasteiger partial charge in [-0.1, -0.05) is 277 Å². The summed E-state index contributed by atoms with van der Waals surface area (Å²) in [7, 11) is 1.52. The van der Waals surface area contributed by atoms with Crippen molar-refractivity contribution in [1.29, 1.82) is 0 Å². The third-order valence-electron chi connectivity index (χ3n) is 13.7. The molecule has 0 bridgehead atoms. The Morgan fingerprint density at radius 3 is 1.18 bits per heavy atom. The van der Waals surface area contributed by atoms with Gasteiger partial charge in [0, 0.05) is 6.42 Å². The first-order chi connectivity index (χ1) is 38.0. The highest BCUT2D eigenvalue weighted by atomic mass is 31.2. The summed E-state index contributed by atoms with van der Waals surface area (Å²) >= 11 is 0. The average Bonchev–Trinajstić information content (AvgIpc) is 3.41. The summed E-state index contributed by atoms with van der Waals surface area (Å²) in [6, 6.07) is -0.888. The molecule has 0 aromatic carbocycles. The number of amides is 1. The van der Waals surface area contributed by atoms with E-state index in [1.165, 1.54) is 135 Å². The van der Waals surface area contributed by atoms with Crippen LogP contribution in [0.5, 0.6) is 0 Å². The van der Waals surface area contributed by atoms with Crippen molar-refractivity contribution in [3.63, 3.8) is 0 Å². The third kappa shape index (κ3) is 60.5. The number of aliphatic hydroxyl groups is 1. The number of nitrogens with one attached hydrogen (secondary N) is 1. The Morgan fingerprint density at radius 1 is 0.449 bits per heavy atom. The van der Waals surface area contributed by atoms with Crippen LogP contribution in [-0.4, -0.2) is 73.4 Å². The van der Waals surface area contributed by atoms with Crippen LogP contribution in [0.15, 0.2) is 122 Å². The first-order valence-electron chi connectivity index (χ1n) is 31.9. The molecule has 3 unspecified atom stereocenters. The minimum atomic E-state index is -4.38. The Bertz CT molecular complexity index is 1680. The zero-order chi connectivity index (χ0) is 57.0. The van der Waals surface area contributed by atoms with E-state index in [9.17, 15) is 19.4 Å². The highest BCUT2D eigenvalue weighted by Crippen LogP contribution is 2.43. The standard InChI is InChI=1S/C69H121N2O6P/c1-6-8-10-12-14-16-18-20-22-24-26-28-30-32-34-35-37-39-41-43-45-47-49-51-53-55-57-59-61-63-69(73)70-67(66-77-78(74,75)76-65-64-71(3,4)5)68(72)62-60-58-56-54-52-50-48-46-44-42-40-38-36-33-31-29-27-25-23-21-19-17-15-13-11-9-7-2/h8,10,14,16,20,22,26,28,32,34,37,39,43,45,49,51-52,54,60,62,67-68,72H,6-7,9,11-13,15,17-19,21,23-25,27,29-31,33,35-36,38,40-42,44,46-48,50,53,55-59,61,63-66H2,1-5H3,(H-,70,73,74,75)/p+1/b10-8-,16-14-,22-20-,28-26-,34-32-,39-37-,45-43-,51-49-,54-52+,62-60+. The van der Waals surface area contributed by atoms with Crippen molar-refractivity contribution in [2.75, 3.05) is 40.9 Å². The summed E-state index contributed by atoms with van der Waals surface area (Å²) in [6.45, 7) is 4.67. The maximum Gasteiger partial charge on any atom is 0.472 e. The second kappa shape index (κ2) is 58.6. The number of likely N-dealkylation sites (N-methyl/N-ethyl adjacent to an activating group) is 1. The molecule has 0 aromatic rings. The van der Waals surface area contributed by atoms with Crippen molar-refractivity contribution in [3.05, 3.63) is 122 Å². The van der Waals surface area contributed by atoms with Gasteiger partial charge in [-0.3, -0.25) is 13.8 Å². The van der Waals surface area contributed by atoms with Crippen LogP contribution in [0.25, 0.3) is 0 Å². The lowest BCUT2D eigenvalue weighted by Gasteiger charge is -2.25. The highest BCUT2D eigenvalue weighted by Gasteiger charge is 2.27. The summed E-state index contributed by atoms with van der Waals surface area (Å²) in [6.07, 6.45) is 87.5. The molecule has 0 spiro atoms. The van der Waals surface area contributed by atoms with Crippen LogP contribution < -0.4 is 5.32 Å². The van der Waals surface area contributed by atoms with Gasteiger partial charge in [-0.25, -0.2) is 4.57 Å². The molecule has 1 amide bonds. The molecule has 9 heteroatoms. The molecule has 0 aliphatic rings. The van der Waals surface area contributed by atoms with Crippen LogP contribution in [0.4, 0.5) is 0 Å². The predicted molar refractivity (Wildman–Crippen MR) is 341 cm³/mol. The van der Waals surface area contributed by atoms with Crippen LogP contribution in [0.2, 0.25) is 0 Å². The smallest absolute Gasteiger partial charge is 0.387 e. The van der Waals surface area contributed by atoms with Gasteiger partial charge in [0.25, 0.3) is 0 Å². The Hall–Kier alpha value is -3.10. The summed E-state index contributed by atoms with van der Waals surface area (Å²) < 4.78 is 23.7. The number of carbonyl (C=O) groups is 1. The van der Waals surface area contributed by atoms with E-state index in [0.29, 0.717) is 17.4 Å². The number of phosphoric acid groups is 1. The largest absolute Gasteiger partial charge is 0.472 e. The Morgan fingerprint density at radius 2 is 0.782 bits per heavy atom. The maximum atomic E-state index is 13.0. The van der Waals surface area contributed by atoms with E-state index in [0.717, 1.165) is 103 Å². The molecule has 0 saturated heterocycles. The van der Waals surface area contributed by atoms with Gasteiger partial charge in [0.15, 0.2) is 0 Å². The molecular weight excluding hydrogens is 984 g/mol. The van der Waals surface area contributed by atoms with Gasteiger partial charge in [0.05, 0.1) is 39.9 Å². The van der Waals surface area contributed by atoms with Crippen LogP contribution in [0.1, 0.15) is 258 Å². The van der Waals surface area contributed by atoms with E-state index in [1.54, 1.807) is 6.08 Å². The Labute approximate surface area is 482 Å². The minimum Gasteiger partial charge on any atom is -0.387 e. The van der Waals surface area contributed by atoms with E-state index in [4.69, 9.17) is 9.05 Å².